The Bertz CT molecular complexity index is 236. The number of nitrogens with one attached hydrogen (secondary N) is 1. The predicted octanol–water partition coefficient (Wildman–Crippen LogP) is -1.96. The van der Waals surface area contributed by atoms with Crippen LogP contribution in [-0.2, 0) is 19.5 Å². The summed E-state index contributed by atoms with van der Waals surface area (Å²) in [6.07, 6.45) is 1.11. The smallest absolute Gasteiger partial charge is 0.245 e. The Labute approximate surface area is 70.9 Å². The Kier molecular flexibility index (Phi) is 4.79. The van der Waals surface area contributed by atoms with E-state index in [-0.39, 0.29) is 18.9 Å². The van der Waals surface area contributed by atoms with Gasteiger partial charge in [-0.2, -0.15) is 0 Å². The van der Waals surface area contributed by atoms with Crippen molar-refractivity contribution in [2.75, 3.05) is 25.2 Å². The van der Waals surface area contributed by atoms with Crippen molar-refractivity contribution in [1.82, 2.24) is 5.48 Å². The SMILES string of the molecule is CS(=O)(=O)CCNOCC(N)=O. The van der Waals surface area contributed by atoms with Gasteiger partial charge < -0.3 is 5.73 Å². The van der Waals surface area contributed by atoms with Gasteiger partial charge in [-0.1, -0.05) is 0 Å². The first kappa shape index (κ1) is 11.3. The standard InChI is InChI=1S/C5H12N2O4S/c1-12(9,10)3-2-7-11-4-5(6)8/h7H,2-4H2,1H3,(H2,6,8). The maximum Gasteiger partial charge on any atom is 0.245 e. The summed E-state index contributed by atoms with van der Waals surface area (Å²) in [5, 5.41) is 0. The van der Waals surface area contributed by atoms with E-state index in [0.717, 1.165) is 6.26 Å². The van der Waals surface area contributed by atoms with Crippen LogP contribution in [0.1, 0.15) is 0 Å². The molecule has 6 nitrogen and oxygen atoms in total. The highest BCUT2D eigenvalue weighted by Gasteiger charge is 2.00. The zero-order chi connectivity index (χ0) is 9.61. The summed E-state index contributed by atoms with van der Waals surface area (Å²) in [4.78, 5) is 14.6. The predicted molar refractivity (Wildman–Crippen MR) is 42.9 cm³/mol. The van der Waals surface area contributed by atoms with Gasteiger partial charge in [0.15, 0.2) is 0 Å². The van der Waals surface area contributed by atoms with Crippen LogP contribution in [0.2, 0.25) is 0 Å². The average molecular weight is 196 g/mol. The third-order valence-corrected chi connectivity index (χ3v) is 1.84. The van der Waals surface area contributed by atoms with Crippen LogP contribution in [0.5, 0.6) is 0 Å². The summed E-state index contributed by atoms with van der Waals surface area (Å²) in [7, 11) is -2.98. The van der Waals surface area contributed by atoms with Crippen molar-refractivity contribution in [3.05, 3.63) is 0 Å². The summed E-state index contributed by atoms with van der Waals surface area (Å²) in [6, 6.07) is 0. The van der Waals surface area contributed by atoms with Crippen molar-refractivity contribution in [2.45, 2.75) is 0 Å². The molecule has 0 saturated carbocycles. The largest absolute Gasteiger partial charge is 0.368 e. The van der Waals surface area contributed by atoms with E-state index in [1.807, 2.05) is 0 Å². The van der Waals surface area contributed by atoms with Crippen LogP contribution in [0.25, 0.3) is 0 Å². The molecular formula is C5H12N2O4S. The van der Waals surface area contributed by atoms with Gasteiger partial charge in [0.05, 0.1) is 5.75 Å². The fourth-order valence-corrected chi connectivity index (χ4v) is 0.876. The molecule has 0 saturated heterocycles. The molecule has 0 heterocycles. The van der Waals surface area contributed by atoms with E-state index >= 15 is 0 Å². The number of nitrogens with two attached hydrogens (primary N) is 1. The Balaban J connectivity index is 3.29. The van der Waals surface area contributed by atoms with Crippen LogP contribution in [0.4, 0.5) is 0 Å². The van der Waals surface area contributed by atoms with Gasteiger partial charge in [0.25, 0.3) is 0 Å². The molecule has 0 atom stereocenters. The number of amides is 1. The minimum absolute atomic E-state index is 0.0360. The van der Waals surface area contributed by atoms with Crippen LogP contribution < -0.4 is 11.2 Å². The van der Waals surface area contributed by atoms with E-state index in [1.165, 1.54) is 0 Å². The highest BCUT2D eigenvalue weighted by Crippen LogP contribution is 1.79. The normalized spacial score (nSPS) is 11.4. The van der Waals surface area contributed by atoms with E-state index < -0.39 is 15.7 Å². The fourth-order valence-electron chi connectivity index (χ4n) is 0.421. The molecule has 0 unspecified atom stereocenters. The van der Waals surface area contributed by atoms with Gasteiger partial charge >= 0.3 is 0 Å². The van der Waals surface area contributed by atoms with E-state index in [9.17, 15) is 13.2 Å². The lowest BCUT2D eigenvalue weighted by molar-refractivity contribution is -0.125. The maximum absolute atomic E-state index is 10.5. The Morgan fingerprint density at radius 2 is 2.17 bits per heavy atom. The molecule has 0 rings (SSSR count). The number of carbonyl (C=O) groups excluding carboxylic acids is 1. The molecule has 7 heteroatoms. The number of hydrogen-bond donors (Lipinski definition) is 2. The second-order valence-electron chi connectivity index (χ2n) is 2.28. The van der Waals surface area contributed by atoms with Gasteiger partial charge in [-0.05, 0) is 0 Å². The number of rotatable bonds is 6. The van der Waals surface area contributed by atoms with Gasteiger partial charge in [0.1, 0.15) is 16.4 Å². The molecule has 0 aromatic carbocycles. The van der Waals surface area contributed by atoms with Gasteiger partial charge in [0, 0.05) is 12.8 Å². The van der Waals surface area contributed by atoms with E-state index in [0.29, 0.717) is 0 Å². The topological polar surface area (TPSA) is 98.5 Å². The van der Waals surface area contributed by atoms with Crippen molar-refractivity contribution >= 4 is 15.7 Å². The minimum atomic E-state index is -2.98. The average Bonchev–Trinajstić information content (AvgIpc) is 1.83. The summed E-state index contributed by atoms with van der Waals surface area (Å²) in [5.74, 6) is -0.645. The molecule has 0 spiro atoms. The zero-order valence-corrected chi connectivity index (χ0v) is 7.56. The number of sulfone groups is 1. The van der Waals surface area contributed by atoms with Crippen LogP contribution >= 0.6 is 0 Å². The summed E-state index contributed by atoms with van der Waals surface area (Å²) in [6.45, 7) is -0.115. The maximum atomic E-state index is 10.5. The minimum Gasteiger partial charge on any atom is -0.368 e. The zero-order valence-electron chi connectivity index (χ0n) is 6.74. The Morgan fingerprint density at radius 1 is 1.58 bits per heavy atom. The van der Waals surface area contributed by atoms with Crippen LogP contribution in [0.15, 0.2) is 0 Å². The third kappa shape index (κ3) is 9.34. The monoisotopic (exact) mass is 196 g/mol. The third-order valence-electron chi connectivity index (χ3n) is 0.891. The van der Waals surface area contributed by atoms with Crippen LogP contribution in [0.3, 0.4) is 0 Å². The summed E-state index contributed by atoms with van der Waals surface area (Å²) < 4.78 is 21.1. The van der Waals surface area contributed by atoms with Gasteiger partial charge in [-0.15, -0.1) is 0 Å². The first-order valence-corrected chi connectivity index (χ1v) is 5.28. The van der Waals surface area contributed by atoms with E-state index in [4.69, 9.17) is 5.73 Å². The van der Waals surface area contributed by atoms with E-state index in [2.05, 4.69) is 10.3 Å². The molecule has 0 aromatic heterocycles. The van der Waals surface area contributed by atoms with E-state index in [1.54, 1.807) is 0 Å². The molecule has 0 aliphatic heterocycles. The number of hydrogen-bond acceptors (Lipinski definition) is 5. The van der Waals surface area contributed by atoms with Crippen LogP contribution in [-0.4, -0.2) is 39.5 Å². The Hall–Kier alpha value is -0.660. The first-order valence-electron chi connectivity index (χ1n) is 3.22. The molecule has 0 aliphatic rings. The molecule has 12 heavy (non-hydrogen) atoms. The molecule has 0 bridgehead atoms. The number of hydroxylamine groups is 1. The lowest BCUT2D eigenvalue weighted by Crippen LogP contribution is -2.28. The Morgan fingerprint density at radius 3 is 2.58 bits per heavy atom. The molecule has 1 amide bonds. The first-order chi connectivity index (χ1) is 5.42. The molecule has 0 aliphatic carbocycles. The summed E-state index contributed by atoms with van der Waals surface area (Å²) in [5.41, 5.74) is 7.03. The van der Waals surface area contributed by atoms with Gasteiger partial charge in [-0.3, -0.25) is 9.63 Å². The van der Waals surface area contributed by atoms with Crippen molar-refractivity contribution < 1.29 is 18.0 Å². The molecule has 0 fully saturated rings. The molecule has 0 radical (unpaired) electrons. The van der Waals surface area contributed by atoms with Crippen molar-refractivity contribution in [3.63, 3.8) is 0 Å². The van der Waals surface area contributed by atoms with Crippen molar-refractivity contribution in [2.24, 2.45) is 5.73 Å². The fraction of sp³-hybridized carbons (Fsp3) is 0.800. The molecule has 0 aromatic rings. The van der Waals surface area contributed by atoms with Crippen LogP contribution in [0, 0.1) is 0 Å². The number of carbonyl (C=O) groups is 1. The van der Waals surface area contributed by atoms with Crippen molar-refractivity contribution in [3.8, 4) is 0 Å². The van der Waals surface area contributed by atoms with Gasteiger partial charge in [0.2, 0.25) is 5.91 Å². The second-order valence-corrected chi connectivity index (χ2v) is 4.54. The highest BCUT2D eigenvalue weighted by molar-refractivity contribution is 7.90. The van der Waals surface area contributed by atoms with Crippen molar-refractivity contribution in [1.29, 1.82) is 0 Å². The number of primary amides is 1. The van der Waals surface area contributed by atoms with Gasteiger partial charge in [-0.25, -0.2) is 13.9 Å². The lowest BCUT2D eigenvalue weighted by atomic mass is 10.7. The molecular weight excluding hydrogens is 184 g/mol. The molecule has 72 valence electrons. The quantitative estimate of drug-likeness (QED) is 0.379. The summed E-state index contributed by atoms with van der Waals surface area (Å²) >= 11 is 0. The highest BCUT2D eigenvalue weighted by atomic mass is 32.2. The second kappa shape index (κ2) is 5.07. The molecule has 3 N–H and O–H groups in total. The lowest BCUT2D eigenvalue weighted by Gasteiger charge is -2.01.